The first kappa shape index (κ1) is 28.2. The van der Waals surface area contributed by atoms with Crippen LogP contribution in [0.3, 0.4) is 0 Å². The van der Waals surface area contributed by atoms with E-state index in [-0.39, 0.29) is 12.3 Å². The summed E-state index contributed by atoms with van der Waals surface area (Å²) in [7, 11) is 1.52. The highest BCUT2D eigenvalue weighted by Crippen LogP contribution is 2.47. The van der Waals surface area contributed by atoms with E-state index >= 15 is 0 Å². The van der Waals surface area contributed by atoms with Crippen molar-refractivity contribution in [3.05, 3.63) is 69.3 Å². The number of rotatable bonds is 8. The SMILES string of the molecule is COc1cc(N=Nc2ccc([N+](=O)[O-])cc2)c(CO)cc1N=Nc1cc2c3c(c1OC(C)(C)C)CCCN3CCC2. The third-order valence-electron chi connectivity index (χ3n) is 7.01. The Morgan fingerprint density at radius 2 is 1.63 bits per heavy atom. The molecule has 0 saturated carbocycles. The molecule has 214 valence electrons. The van der Waals surface area contributed by atoms with Gasteiger partial charge in [0, 0.05) is 48.1 Å². The Hall–Kier alpha value is -4.38. The number of anilines is 1. The fourth-order valence-electron chi connectivity index (χ4n) is 5.23. The molecule has 11 nitrogen and oxygen atoms in total. The van der Waals surface area contributed by atoms with Crippen molar-refractivity contribution in [1.82, 2.24) is 0 Å². The van der Waals surface area contributed by atoms with Crippen molar-refractivity contribution in [1.29, 1.82) is 0 Å². The van der Waals surface area contributed by atoms with Gasteiger partial charge in [0.15, 0.2) is 5.75 Å². The zero-order chi connectivity index (χ0) is 29.1. The summed E-state index contributed by atoms with van der Waals surface area (Å²) in [6.45, 7) is 7.90. The number of hydrogen-bond donors (Lipinski definition) is 1. The van der Waals surface area contributed by atoms with Crippen molar-refractivity contribution >= 4 is 34.1 Å². The molecule has 0 saturated heterocycles. The number of ether oxygens (including phenoxy) is 2. The molecular weight excluding hydrogens is 524 g/mol. The van der Waals surface area contributed by atoms with Gasteiger partial charge in [0.2, 0.25) is 0 Å². The van der Waals surface area contributed by atoms with E-state index in [1.165, 1.54) is 48.2 Å². The Kier molecular flexibility index (Phi) is 7.98. The molecule has 5 rings (SSSR count). The highest BCUT2D eigenvalue weighted by molar-refractivity contribution is 5.75. The minimum atomic E-state index is -0.476. The highest BCUT2D eigenvalue weighted by Gasteiger charge is 2.30. The molecule has 0 unspecified atom stereocenters. The number of methoxy groups -OCH3 is 1. The molecule has 0 radical (unpaired) electrons. The first-order chi connectivity index (χ1) is 19.7. The van der Waals surface area contributed by atoms with E-state index in [1.807, 2.05) is 20.8 Å². The lowest BCUT2D eigenvalue weighted by Gasteiger charge is -2.38. The maximum Gasteiger partial charge on any atom is 0.269 e. The third-order valence-corrected chi connectivity index (χ3v) is 7.01. The Morgan fingerprint density at radius 1 is 0.951 bits per heavy atom. The number of hydrogen-bond acceptors (Lipinski definition) is 10. The molecule has 3 aromatic rings. The van der Waals surface area contributed by atoms with E-state index in [4.69, 9.17) is 9.47 Å². The number of aryl methyl sites for hydroxylation is 1. The summed E-state index contributed by atoms with van der Waals surface area (Å²) < 4.78 is 12.1. The molecule has 0 aliphatic carbocycles. The van der Waals surface area contributed by atoms with E-state index in [0.717, 1.165) is 44.5 Å². The first-order valence-electron chi connectivity index (χ1n) is 13.7. The van der Waals surface area contributed by atoms with Crippen LogP contribution in [0.2, 0.25) is 0 Å². The number of benzene rings is 3. The fraction of sp³-hybridized carbons (Fsp3) is 0.400. The summed E-state index contributed by atoms with van der Waals surface area (Å²) in [6.07, 6.45) is 4.09. The molecule has 1 N–H and O–H groups in total. The van der Waals surface area contributed by atoms with Crippen molar-refractivity contribution in [2.24, 2.45) is 20.5 Å². The standard InChI is InChI=1S/C30H34N6O5/c1-30(2,3)41-29-23-8-6-14-35-13-5-7-19(28(23)35)15-26(29)34-33-25-16-20(18-37)24(17-27(25)40-4)32-31-21-9-11-22(12-10-21)36(38)39/h9-12,15-17,37H,5-8,13-14,18H2,1-4H3. The molecule has 2 heterocycles. The largest absolute Gasteiger partial charge is 0.494 e. The van der Waals surface area contributed by atoms with Crippen LogP contribution in [0.25, 0.3) is 0 Å². The van der Waals surface area contributed by atoms with Crippen LogP contribution in [0.15, 0.2) is 62.9 Å². The van der Waals surface area contributed by atoms with Crippen LogP contribution in [0.4, 0.5) is 34.1 Å². The molecule has 11 heteroatoms. The van der Waals surface area contributed by atoms with Crippen molar-refractivity contribution < 1.29 is 19.5 Å². The van der Waals surface area contributed by atoms with Gasteiger partial charge in [-0.3, -0.25) is 10.1 Å². The van der Waals surface area contributed by atoms with E-state index in [0.29, 0.717) is 34.1 Å². The number of azo groups is 2. The van der Waals surface area contributed by atoms with Crippen molar-refractivity contribution in [3.63, 3.8) is 0 Å². The predicted octanol–water partition coefficient (Wildman–Crippen LogP) is 7.80. The quantitative estimate of drug-likeness (QED) is 0.170. The maximum absolute atomic E-state index is 10.9. The van der Waals surface area contributed by atoms with Gasteiger partial charge in [-0.15, -0.1) is 10.2 Å². The van der Waals surface area contributed by atoms with Crippen LogP contribution < -0.4 is 14.4 Å². The Balaban J connectivity index is 1.51. The molecule has 0 spiro atoms. The molecular formula is C30H34N6O5. The van der Waals surface area contributed by atoms with Gasteiger partial charge in [-0.05, 0) is 76.3 Å². The zero-order valence-corrected chi connectivity index (χ0v) is 23.8. The van der Waals surface area contributed by atoms with Crippen molar-refractivity contribution in [3.8, 4) is 11.5 Å². The average molecular weight is 559 g/mol. The zero-order valence-electron chi connectivity index (χ0n) is 23.8. The van der Waals surface area contributed by atoms with Crippen molar-refractivity contribution in [2.45, 2.75) is 58.7 Å². The minimum Gasteiger partial charge on any atom is -0.494 e. The molecule has 0 amide bonds. The summed E-state index contributed by atoms with van der Waals surface area (Å²) >= 11 is 0. The fourth-order valence-corrected chi connectivity index (χ4v) is 5.23. The molecule has 3 aromatic carbocycles. The molecule has 0 fully saturated rings. The first-order valence-corrected chi connectivity index (χ1v) is 13.7. The van der Waals surface area contributed by atoms with Crippen LogP contribution in [0, 0.1) is 10.1 Å². The number of nitrogens with zero attached hydrogens (tertiary/aromatic N) is 6. The maximum atomic E-state index is 10.9. The van der Waals surface area contributed by atoms with E-state index in [1.54, 1.807) is 12.1 Å². The third kappa shape index (κ3) is 6.19. The predicted molar refractivity (Wildman–Crippen MR) is 156 cm³/mol. The lowest BCUT2D eigenvalue weighted by molar-refractivity contribution is -0.384. The van der Waals surface area contributed by atoms with Crippen LogP contribution in [0.1, 0.15) is 50.3 Å². The Labute approximate surface area is 238 Å². The van der Waals surface area contributed by atoms with Gasteiger partial charge in [-0.1, -0.05) is 0 Å². The smallest absolute Gasteiger partial charge is 0.269 e. The molecule has 2 aliphatic heterocycles. The second-order valence-electron chi connectivity index (χ2n) is 11.1. The number of non-ortho nitro benzene ring substituents is 1. The summed E-state index contributed by atoms with van der Waals surface area (Å²) in [5.41, 5.74) is 5.72. The van der Waals surface area contributed by atoms with Crippen LogP contribution in [-0.4, -0.2) is 35.8 Å². The van der Waals surface area contributed by atoms with Gasteiger partial charge in [0.25, 0.3) is 5.69 Å². The molecule has 0 atom stereocenters. The lowest BCUT2D eigenvalue weighted by Crippen LogP contribution is -2.35. The monoisotopic (exact) mass is 558 g/mol. The Morgan fingerprint density at radius 3 is 2.29 bits per heavy atom. The van der Waals surface area contributed by atoms with Crippen LogP contribution >= 0.6 is 0 Å². The number of nitro benzene ring substituents is 1. The second kappa shape index (κ2) is 11.6. The van der Waals surface area contributed by atoms with Gasteiger partial charge in [-0.2, -0.15) is 10.2 Å². The second-order valence-corrected chi connectivity index (χ2v) is 11.1. The van der Waals surface area contributed by atoms with Crippen LogP contribution in [0.5, 0.6) is 11.5 Å². The molecule has 0 aromatic heterocycles. The molecule has 2 aliphatic rings. The van der Waals surface area contributed by atoms with Gasteiger partial charge >= 0.3 is 0 Å². The summed E-state index contributed by atoms with van der Waals surface area (Å²) in [5.74, 6) is 1.17. The van der Waals surface area contributed by atoms with Crippen LogP contribution in [-0.2, 0) is 19.4 Å². The van der Waals surface area contributed by atoms with Gasteiger partial charge in [-0.25, -0.2) is 0 Å². The van der Waals surface area contributed by atoms with E-state index in [2.05, 4.69) is 31.4 Å². The highest BCUT2D eigenvalue weighted by atomic mass is 16.6. The summed E-state index contributed by atoms with van der Waals surface area (Å²) in [6, 6.07) is 11.1. The molecule has 41 heavy (non-hydrogen) atoms. The summed E-state index contributed by atoms with van der Waals surface area (Å²) in [5, 5.41) is 38.6. The van der Waals surface area contributed by atoms with Gasteiger partial charge in [0.1, 0.15) is 22.7 Å². The molecule has 0 bridgehead atoms. The van der Waals surface area contributed by atoms with Gasteiger partial charge < -0.3 is 19.5 Å². The summed E-state index contributed by atoms with van der Waals surface area (Å²) in [4.78, 5) is 12.9. The van der Waals surface area contributed by atoms with E-state index < -0.39 is 10.5 Å². The number of aliphatic hydroxyl groups excluding tert-OH is 1. The lowest BCUT2D eigenvalue weighted by atomic mass is 9.90. The minimum absolute atomic E-state index is 0.0343. The topological polar surface area (TPSA) is 135 Å². The average Bonchev–Trinajstić information content (AvgIpc) is 2.96. The normalized spacial score (nSPS) is 14.9. The van der Waals surface area contributed by atoms with Crippen molar-refractivity contribution in [2.75, 3.05) is 25.1 Å². The van der Waals surface area contributed by atoms with Gasteiger partial charge in [0.05, 0.1) is 30.0 Å². The van der Waals surface area contributed by atoms with E-state index in [9.17, 15) is 15.2 Å². The Bertz CT molecular complexity index is 1510. The number of aliphatic hydroxyl groups is 1. The number of nitro groups is 1.